The smallest absolute Gasteiger partial charge is 0.348 e. The largest absolute Gasteiger partial charge is 0.356 e. The lowest BCUT2D eigenvalue weighted by atomic mass is 10.2. The van der Waals surface area contributed by atoms with Gasteiger partial charge in [0.2, 0.25) is 5.91 Å². The number of benzene rings is 1. The van der Waals surface area contributed by atoms with E-state index in [1.54, 1.807) is 19.1 Å². The summed E-state index contributed by atoms with van der Waals surface area (Å²) in [4.78, 5) is 29.0. The Balaban J connectivity index is 2.67. The highest BCUT2D eigenvalue weighted by atomic mass is 31.2. The minimum absolute atomic E-state index is 0.0347. The van der Waals surface area contributed by atoms with E-state index in [0.717, 1.165) is 5.56 Å². The molecule has 1 aromatic carbocycles. The Hall–Kier alpha value is -1.42. The average Bonchev–Trinajstić information content (AvgIpc) is 2.25. The van der Waals surface area contributed by atoms with E-state index < -0.39 is 7.60 Å². The Morgan fingerprint density at radius 1 is 1.35 bits per heavy atom. The van der Waals surface area contributed by atoms with Gasteiger partial charge in [0.05, 0.1) is 5.30 Å². The van der Waals surface area contributed by atoms with Gasteiger partial charge in [0.1, 0.15) is 0 Å². The van der Waals surface area contributed by atoms with Crippen LogP contribution in [0.25, 0.3) is 0 Å². The van der Waals surface area contributed by atoms with E-state index in [4.69, 9.17) is 9.79 Å². The first-order valence-electron chi connectivity index (χ1n) is 4.89. The zero-order valence-electron chi connectivity index (χ0n) is 9.38. The van der Waals surface area contributed by atoms with E-state index in [1.165, 1.54) is 12.1 Å². The molecule has 0 aliphatic carbocycles. The molecule has 0 bridgehead atoms. The monoisotopic (exact) mass is 255 g/mol. The van der Waals surface area contributed by atoms with Crippen molar-refractivity contribution in [1.82, 2.24) is 5.32 Å². The third-order valence-electron chi connectivity index (χ3n) is 2.11. The highest BCUT2D eigenvalue weighted by molar-refractivity contribution is 7.60. The maximum absolute atomic E-state index is 11.2. The molecule has 0 saturated heterocycles. The summed E-state index contributed by atoms with van der Waals surface area (Å²) in [5.74, 6) is -0.246. The third kappa shape index (κ3) is 4.15. The van der Waals surface area contributed by atoms with Gasteiger partial charge in [-0.1, -0.05) is 18.7 Å². The van der Waals surface area contributed by atoms with Crippen molar-refractivity contribution in [3.63, 3.8) is 0 Å². The molecule has 1 amide bonds. The quantitative estimate of drug-likeness (QED) is 0.545. The van der Waals surface area contributed by atoms with Gasteiger partial charge in [0, 0.05) is 12.1 Å². The SMILES string of the molecule is C=C(C)C(=O)NCc1ccc(P(=O)(O)O)cc1. The topological polar surface area (TPSA) is 86.6 Å². The molecule has 17 heavy (non-hydrogen) atoms. The predicted octanol–water partition coefficient (Wildman–Crippen LogP) is 0.682. The van der Waals surface area contributed by atoms with E-state index in [9.17, 15) is 9.36 Å². The molecular formula is C11H14NO4P. The molecule has 6 heteroatoms. The molecule has 0 radical (unpaired) electrons. The highest BCUT2D eigenvalue weighted by Crippen LogP contribution is 2.32. The van der Waals surface area contributed by atoms with E-state index in [2.05, 4.69) is 11.9 Å². The van der Waals surface area contributed by atoms with Gasteiger partial charge in [-0.05, 0) is 24.6 Å². The zero-order valence-corrected chi connectivity index (χ0v) is 10.3. The van der Waals surface area contributed by atoms with E-state index in [1.807, 2.05) is 0 Å². The summed E-state index contributed by atoms with van der Waals surface area (Å²) in [7, 11) is -4.19. The third-order valence-corrected chi connectivity index (χ3v) is 3.08. The summed E-state index contributed by atoms with van der Waals surface area (Å²) in [6.07, 6.45) is 0. The Bertz CT molecular complexity index is 475. The lowest BCUT2D eigenvalue weighted by molar-refractivity contribution is -0.117. The van der Waals surface area contributed by atoms with Crippen LogP contribution in [0.5, 0.6) is 0 Å². The van der Waals surface area contributed by atoms with E-state index >= 15 is 0 Å². The van der Waals surface area contributed by atoms with Crippen molar-refractivity contribution in [2.45, 2.75) is 13.5 Å². The summed E-state index contributed by atoms with van der Waals surface area (Å²) in [5.41, 5.74) is 1.17. The van der Waals surface area contributed by atoms with Gasteiger partial charge in [-0.2, -0.15) is 0 Å². The molecule has 92 valence electrons. The van der Waals surface area contributed by atoms with Crippen molar-refractivity contribution in [1.29, 1.82) is 0 Å². The summed E-state index contributed by atoms with van der Waals surface area (Å²) < 4.78 is 10.9. The Labute approximate surface area is 99.3 Å². The standard InChI is InChI=1S/C11H14NO4P/c1-8(2)11(13)12-7-9-3-5-10(6-4-9)17(14,15)16/h3-6H,1,7H2,2H3,(H,12,13)(H2,14,15,16). The van der Waals surface area contributed by atoms with Gasteiger partial charge < -0.3 is 15.1 Å². The van der Waals surface area contributed by atoms with E-state index in [-0.39, 0.29) is 11.2 Å². The minimum atomic E-state index is -4.19. The molecular weight excluding hydrogens is 241 g/mol. The van der Waals surface area contributed by atoms with Crippen molar-refractivity contribution in [2.24, 2.45) is 0 Å². The van der Waals surface area contributed by atoms with Crippen molar-refractivity contribution >= 4 is 18.8 Å². The number of nitrogens with one attached hydrogen (secondary N) is 1. The zero-order chi connectivity index (χ0) is 13.1. The number of rotatable bonds is 4. The molecule has 0 spiro atoms. The first kappa shape index (κ1) is 13.6. The van der Waals surface area contributed by atoms with Gasteiger partial charge in [-0.15, -0.1) is 0 Å². The minimum Gasteiger partial charge on any atom is -0.348 e. The second kappa shape index (κ2) is 5.27. The summed E-state index contributed by atoms with van der Waals surface area (Å²) in [5, 5.41) is 2.59. The van der Waals surface area contributed by atoms with Gasteiger partial charge in [-0.3, -0.25) is 9.36 Å². The van der Waals surface area contributed by atoms with Gasteiger partial charge in [0.25, 0.3) is 0 Å². The highest BCUT2D eigenvalue weighted by Gasteiger charge is 2.15. The van der Waals surface area contributed by atoms with Crippen LogP contribution in [0.4, 0.5) is 0 Å². The average molecular weight is 255 g/mol. The molecule has 0 atom stereocenters. The fourth-order valence-electron chi connectivity index (χ4n) is 1.14. The maximum atomic E-state index is 11.2. The predicted molar refractivity (Wildman–Crippen MR) is 64.8 cm³/mol. The van der Waals surface area contributed by atoms with Crippen LogP contribution in [-0.4, -0.2) is 15.7 Å². The number of hydrogen-bond acceptors (Lipinski definition) is 2. The number of amides is 1. The fourth-order valence-corrected chi connectivity index (χ4v) is 1.68. The van der Waals surface area contributed by atoms with Crippen LogP contribution in [0.2, 0.25) is 0 Å². The Kier molecular flexibility index (Phi) is 4.23. The summed E-state index contributed by atoms with van der Waals surface area (Å²) in [6.45, 7) is 5.40. The van der Waals surface area contributed by atoms with Crippen molar-refractivity contribution in [2.75, 3.05) is 0 Å². The van der Waals surface area contributed by atoms with Crippen molar-refractivity contribution in [3.05, 3.63) is 42.0 Å². The van der Waals surface area contributed by atoms with E-state index in [0.29, 0.717) is 12.1 Å². The lowest BCUT2D eigenvalue weighted by Gasteiger charge is -2.07. The first-order valence-corrected chi connectivity index (χ1v) is 6.50. The van der Waals surface area contributed by atoms with Gasteiger partial charge in [0.15, 0.2) is 0 Å². The molecule has 1 rings (SSSR count). The molecule has 3 N–H and O–H groups in total. The molecule has 0 fully saturated rings. The molecule has 1 aromatic rings. The molecule has 0 aliphatic heterocycles. The molecule has 0 aliphatic rings. The Morgan fingerprint density at radius 3 is 2.29 bits per heavy atom. The summed E-state index contributed by atoms with van der Waals surface area (Å²) in [6, 6.07) is 5.83. The number of hydrogen-bond donors (Lipinski definition) is 3. The normalized spacial score (nSPS) is 11.0. The second-order valence-electron chi connectivity index (χ2n) is 3.67. The van der Waals surface area contributed by atoms with Crippen LogP contribution in [0, 0.1) is 0 Å². The van der Waals surface area contributed by atoms with Crippen LogP contribution in [0.1, 0.15) is 12.5 Å². The molecule has 0 saturated carbocycles. The Morgan fingerprint density at radius 2 is 1.88 bits per heavy atom. The van der Waals surface area contributed by atoms with Gasteiger partial charge >= 0.3 is 7.60 Å². The fraction of sp³-hybridized carbons (Fsp3) is 0.182. The first-order chi connectivity index (χ1) is 7.80. The van der Waals surface area contributed by atoms with Crippen molar-refractivity contribution < 1.29 is 19.1 Å². The van der Waals surface area contributed by atoms with Crippen LogP contribution < -0.4 is 10.6 Å². The van der Waals surface area contributed by atoms with Crippen LogP contribution in [-0.2, 0) is 15.9 Å². The molecule has 0 heterocycles. The molecule has 5 nitrogen and oxygen atoms in total. The van der Waals surface area contributed by atoms with Gasteiger partial charge in [-0.25, -0.2) is 0 Å². The number of carbonyl (C=O) groups excluding carboxylic acids is 1. The van der Waals surface area contributed by atoms with Crippen LogP contribution >= 0.6 is 7.60 Å². The maximum Gasteiger partial charge on any atom is 0.356 e. The van der Waals surface area contributed by atoms with Crippen LogP contribution in [0.15, 0.2) is 36.4 Å². The molecule has 0 unspecified atom stereocenters. The second-order valence-corrected chi connectivity index (χ2v) is 5.28. The summed E-state index contributed by atoms with van der Waals surface area (Å²) >= 11 is 0. The van der Waals surface area contributed by atoms with Crippen molar-refractivity contribution in [3.8, 4) is 0 Å². The van der Waals surface area contributed by atoms with Crippen LogP contribution in [0.3, 0.4) is 0 Å². The molecule has 0 aromatic heterocycles. The number of carbonyl (C=O) groups is 1. The lowest BCUT2D eigenvalue weighted by Crippen LogP contribution is -2.23.